The average Bonchev–Trinajstić information content (AvgIpc) is 2.78. The van der Waals surface area contributed by atoms with Crippen LogP contribution >= 0.6 is 0 Å². The summed E-state index contributed by atoms with van der Waals surface area (Å²) in [4.78, 5) is 18.4. The molecule has 1 aromatic carbocycles. The Kier molecular flexibility index (Phi) is 3.85. The second-order valence-corrected chi connectivity index (χ2v) is 4.70. The van der Waals surface area contributed by atoms with E-state index in [0.29, 0.717) is 5.69 Å². The van der Waals surface area contributed by atoms with Crippen LogP contribution in [0.2, 0.25) is 0 Å². The highest BCUT2D eigenvalue weighted by Gasteiger charge is 2.20. The molecule has 6 nitrogen and oxygen atoms in total. The van der Waals surface area contributed by atoms with Crippen LogP contribution in [0.3, 0.4) is 0 Å². The molecule has 0 radical (unpaired) electrons. The lowest BCUT2D eigenvalue weighted by atomic mass is 10.1. The fourth-order valence-corrected chi connectivity index (χ4v) is 1.95. The van der Waals surface area contributed by atoms with Crippen LogP contribution in [0.1, 0.15) is 27.3 Å². The normalized spacial score (nSPS) is 10.7. The topological polar surface area (TPSA) is 60.2 Å². The second kappa shape index (κ2) is 5.42. The number of carbonyl (C=O) groups excluding carboxylic acids is 1. The van der Waals surface area contributed by atoms with Crippen LogP contribution < -0.4 is 0 Å². The molecule has 0 atom stereocenters. The third kappa shape index (κ3) is 2.55. The van der Waals surface area contributed by atoms with Crippen LogP contribution in [0.25, 0.3) is 5.69 Å². The van der Waals surface area contributed by atoms with E-state index in [0.717, 1.165) is 16.3 Å². The van der Waals surface area contributed by atoms with E-state index in [1.165, 1.54) is 24.5 Å². The first kappa shape index (κ1) is 14.2. The summed E-state index contributed by atoms with van der Waals surface area (Å²) in [6.45, 7) is 5.77. The zero-order valence-electron chi connectivity index (χ0n) is 12.3. The molecule has 106 valence electrons. The molecular formula is C14H18N4O2. The largest absolute Gasteiger partial charge is 0.299 e. The van der Waals surface area contributed by atoms with E-state index in [1.807, 2.05) is 26.0 Å². The minimum absolute atomic E-state index is 0.286. The van der Waals surface area contributed by atoms with Gasteiger partial charge in [-0.3, -0.25) is 9.63 Å². The number of aromatic nitrogens is 3. The Bertz CT molecular complexity index is 649. The van der Waals surface area contributed by atoms with E-state index >= 15 is 0 Å². The van der Waals surface area contributed by atoms with E-state index in [9.17, 15) is 4.79 Å². The van der Waals surface area contributed by atoms with Crippen molar-refractivity contribution in [1.29, 1.82) is 0 Å². The number of benzene rings is 1. The summed E-state index contributed by atoms with van der Waals surface area (Å²) >= 11 is 0. The molecule has 0 fully saturated rings. The monoisotopic (exact) mass is 274 g/mol. The Balaban J connectivity index is 2.43. The number of aryl methyl sites for hydroxylation is 3. The van der Waals surface area contributed by atoms with Gasteiger partial charge in [0.15, 0.2) is 5.69 Å². The fourth-order valence-electron chi connectivity index (χ4n) is 1.95. The van der Waals surface area contributed by atoms with Gasteiger partial charge in [0, 0.05) is 7.05 Å². The summed E-state index contributed by atoms with van der Waals surface area (Å²) in [5, 5.41) is 9.71. The molecular weight excluding hydrogens is 256 g/mol. The quantitative estimate of drug-likeness (QED) is 0.801. The van der Waals surface area contributed by atoms with E-state index < -0.39 is 0 Å². The summed E-state index contributed by atoms with van der Waals surface area (Å²) in [5.41, 5.74) is 3.94. The molecule has 20 heavy (non-hydrogen) atoms. The molecule has 0 spiro atoms. The number of hydrogen-bond donors (Lipinski definition) is 0. The molecule has 1 aromatic heterocycles. The minimum atomic E-state index is -0.319. The van der Waals surface area contributed by atoms with Crippen molar-refractivity contribution >= 4 is 5.91 Å². The second-order valence-electron chi connectivity index (χ2n) is 4.70. The fraction of sp³-hybridized carbons (Fsp3) is 0.357. The molecule has 0 saturated heterocycles. The molecule has 0 unspecified atom stereocenters. The molecule has 0 N–H and O–H groups in total. The van der Waals surface area contributed by atoms with Gasteiger partial charge < -0.3 is 0 Å². The summed E-state index contributed by atoms with van der Waals surface area (Å²) < 4.78 is 0. The Morgan fingerprint density at radius 3 is 2.55 bits per heavy atom. The van der Waals surface area contributed by atoms with E-state index in [2.05, 4.69) is 16.3 Å². The van der Waals surface area contributed by atoms with Crippen LogP contribution in [0.15, 0.2) is 18.2 Å². The molecule has 1 amide bonds. The van der Waals surface area contributed by atoms with Gasteiger partial charge in [-0.05, 0) is 32.4 Å². The predicted octanol–water partition coefficient (Wildman–Crippen LogP) is 1.83. The first-order valence-corrected chi connectivity index (χ1v) is 6.27. The van der Waals surface area contributed by atoms with Gasteiger partial charge in [0.1, 0.15) is 0 Å². The number of nitrogens with zero attached hydrogens (tertiary/aromatic N) is 4. The predicted molar refractivity (Wildman–Crippen MR) is 74.7 cm³/mol. The summed E-state index contributed by atoms with van der Waals surface area (Å²) in [5.74, 6) is -0.319. The first-order valence-electron chi connectivity index (χ1n) is 6.27. The highest BCUT2D eigenvalue weighted by atomic mass is 16.7. The standard InChI is InChI=1S/C14H18N4O2/c1-9-6-7-12(10(2)8-9)18-15-11(3)13(16-18)14(19)17(4)20-5/h6-8H,1-5H3. The summed E-state index contributed by atoms with van der Waals surface area (Å²) in [7, 11) is 2.97. The van der Waals surface area contributed by atoms with E-state index in [1.54, 1.807) is 6.92 Å². The molecule has 2 rings (SSSR count). The van der Waals surface area contributed by atoms with Gasteiger partial charge >= 0.3 is 0 Å². The maximum Gasteiger partial charge on any atom is 0.299 e. The Morgan fingerprint density at radius 1 is 1.25 bits per heavy atom. The Hall–Kier alpha value is -2.21. The average molecular weight is 274 g/mol. The van der Waals surface area contributed by atoms with Gasteiger partial charge in [0.05, 0.1) is 18.5 Å². The van der Waals surface area contributed by atoms with Crippen molar-refractivity contribution in [2.75, 3.05) is 14.2 Å². The lowest BCUT2D eigenvalue weighted by Gasteiger charge is -2.11. The molecule has 1 heterocycles. The van der Waals surface area contributed by atoms with Crippen LogP contribution in [-0.4, -0.2) is 40.1 Å². The van der Waals surface area contributed by atoms with E-state index in [-0.39, 0.29) is 11.6 Å². The molecule has 0 aliphatic rings. The van der Waals surface area contributed by atoms with Crippen molar-refractivity contribution in [2.24, 2.45) is 0 Å². The van der Waals surface area contributed by atoms with Crippen LogP contribution in [0.4, 0.5) is 0 Å². The maximum absolute atomic E-state index is 12.1. The van der Waals surface area contributed by atoms with Gasteiger partial charge in [-0.25, -0.2) is 5.06 Å². The van der Waals surface area contributed by atoms with Gasteiger partial charge in [-0.2, -0.15) is 9.90 Å². The third-order valence-electron chi connectivity index (χ3n) is 3.11. The number of hydrogen-bond acceptors (Lipinski definition) is 4. The highest BCUT2D eigenvalue weighted by Crippen LogP contribution is 2.15. The zero-order chi connectivity index (χ0) is 14.9. The van der Waals surface area contributed by atoms with Gasteiger partial charge in [0.2, 0.25) is 0 Å². The van der Waals surface area contributed by atoms with Crippen molar-refractivity contribution in [1.82, 2.24) is 20.1 Å². The highest BCUT2D eigenvalue weighted by molar-refractivity contribution is 5.92. The van der Waals surface area contributed by atoms with Crippen molar-refractivity contribution in [3.63, 3.8) is 0 Å². The van der Waals surface area contributed by atoms with Gasteiger partial charge in [0.25, 0.3) is 5.91 Å². The van der Waals surface area contributed by atoms with Crippen molar-refractivity contribution in [3.05, 3.63) is 40.7 Å². The zero-order valence-corrected chi connectivity index (χ0v) is 12.3. The van der Waals surface area contributed by atoms with Gasteiger partial charge in [-0.15, -0.1) is 5.10 Å². The van der Waals surface area contributed by atoms with Gasteiger partial charge in [-0.1, -0.05) is 17.7 Å². The first-order chi connectivity index (χ1) is 9.43. The van der Waals surface area contributed by atoms with Crippen LogP contribution in [-0.2, 0) is 4.84 Å². The summed E-state index contributed by atoms with van der Waals surface area (Å²) in [6.07, 6.45) is 0. The smallest absolute Gasteiger partial charge is 0.274 e. The number of hydroxylamine groups is 2. The van der Waals surface area contributed by atoms with Crippen molar-refractivity contribution < 1.29 is 9.63 Å². The van der Waals surface area contributed by atoms with Crippen LogP contribution in [0.5, 0.6) is 0 Å². The SMILES string of the molecule is CON(C)C(=O)c1nn(-c2ccc(C)cc2C)nc1C. The molecule has 0 aliphatic carbocycles. The molecule has 6 heteroatoms. The molecule has 0 aliphatic heterocycles. The molecule has 0 saturated carbocycles. The minimum Gasteiger partial charge on any atom is -0.274 e. The van der Waals surface area contributed by atoms with Crippen LogP contribution in [0, 0.1) is 20.8 Å². The lowest BCUT2D eigenvalue weighted by molar-refractivity contribution is -0.0761. The number of rotatable bonds is 3. The van der Waals surface area contributed by atoms with Crippen molar-refractivity contribution in [3.8, 4) is 5.69 Å². The molecule has 0 bridgehead atoms. The summed E-state index contributed by atoms with van der Waals surface area (Å²) in [6, 6.07) is 5.99. The lowest BCUT2D eigenvalue weighted by Crippen LogP contribution is -2.26. The molecule has 2 aromatic rings. The number of carbonyl (C=O) groups is 1. The third-order valence-corrected chi connectivity index (χ3v) is 3.11. The Labute approximate surface area is 117 Å². The maximum atomic E-state index is 12.1. The number of amides is 1. The van der Waals surface area contributed by atoms with Crippen molar-refractivity contribution in [2.45, 2.75) is 20.8 Å². The Morgan fingerprint density at radius 2 is 1.95 bits per heavy atom. The van der Waals surface area contributed by atoms with E-state index in [4.69, 9.17) is 4.84 Å².